The molecule has 1 heterocycles. The second kappa shape index (κ2) is 10.6. The summed E-state index contributed by atoms with van der Waals surface area (Å²) in [5.41, 5.74) is 5.97. The normalized spacial score (nSPS) is 10.9. The van der Waals surface area contributed by atoms with Gasteiger partial charge in [0.25, 0.3) is 0 Å². The molecule has 0 amide bonds. The summed E-state index contributed by atoms with van der Waals surface area (Å²) in [4.78, 5) is 0. The van der Waals surface area contributed by atoms with E-state index in [9.17, 15) is 10.4 Å². The van der Waals surface area contributed by atoms with Crippen molar-refractivity contribution in [1.29, 1.82) is 5.26 Å². The van der Waals surface area contributed by atoms with Crippen LogP contribution in [0, 0.1) is 11.3 Å². The van der Waals surface area contributed by atoms with E-state index in [1.165, 1.54) is 0 Å². The summed E-state index contributed by atoms with van der Waals surface area (Å²) in [5.74, 6) is 1.38. The van der Waals surface area contributed by atoms with Crippen molar-refractivity contribution in [2.24, 2.45) is 0 Å². The summed E-state index contributed by atoms with van der Waals surface area (Å²) < 4.78 is 13.3. The van der Waals surface area contributed by atoms with Crippen molar-refractivity contribution in [1.82, 2.24) is 4.57 Å². The van der Waals surface area contributed by atoms with Gasteiger partial charge in [0.1, 0.15) is 17.6 Å². The molecule has 1 aromatic heterocycles. The average Bonchev–Trinajstić information content (AvgIpc) is 3.35. The van der Waals surface area contributed by atoms with Crippen molar-refractivity contribution in [2.75, 3.05) is 14.2 Å². The Morgan fingerprint density at radius 2 is 1.65 bits per heavy atom. The number of rotatable bonds is 8. The maximum absolute atomic E-state index is 9.88. The Bertz CT molecular complexity index is 1320. The monoisotopic (exact) mass is 450 g/mol. The number of nitriles is 1. The minimum Gasteiger partial charge on any atom is -0.496 e. The number of hydrogen-bond donors (Lipinski definition) is 1. The summed E-state index contributed by atoms with van der Waals surface area (Å²) in [6.07, 6.45) is 5.81. The van der Waals surface area contributed by atoms with Crippen molar-refractivity contribution in [2.45, 2.75) is 13.2 Å². The minimum absolute atomic E-state index is 0.0400. The quantitative estimate of drug-likeness (QED) is 0.347. The van der Waals surface area contributed by atoms with Gasteiger partial charge in [0.05, 0.1) is 38.5 Å². The Morgan fingerprint density at radius 3 is 2.29 bits per heavy atom. The summed E-state index contributed by atoms with van der Waals surface area (Å²) in [5, 5.41) is 19.5. The fourth-order valence-electron chi connectivity index (χ4n) is 4.05. The largest absolute Gasteiger partial charge is 0.496 e. The summed E-state index contributed by atoms with van der Waals surface area (Å²) in [6.45, 7) is 0.471. The number of aliphatic hydroxyl groups is 1. The van der Waals surface area contributed by atoms with Crippen LogP contribution in [0.25, 0.3) is 23.3 Å². The van der Waals surface area contributed by atoms with Crippen LogP contribution in [0.1, 0.15) is 27.9 Å². The highest BCUT2D eigenvalue weighted by Crippen LogP contribution is 2.33. The van der Waals surface area contributed by atoms with Crippen LogP contribution in [0.2, 0.25) is 0 Å². The van der Waals surface area contributed by atoms with Crippen molar-refractivity contribution in [3.8, 4) is 28.7 Å². The zero-order chi connectivity index (χ0) is 23.9. The highest BCUT2D eigenvalue weighted by molar-refractivity contribution is 5.80. The highest BCUT2D eigenvalue weighted by Gasteiger charge is 2.14. The van der Waals surface area contributed by atoms with Gasteiger partial charge in [-0.2, -0.15) is 5.26 Å². The van der Waals surface area contributed by atoms with Gasteiger partial charge >= 0.3 is 0 Å². The zero-order valence-corrected chi connectivity index (χ0v) is 19.2. The lowest BCUT2D eigenvalue weighted by Crippen LogP contribution is -2.06. The molecule has 34 heavy (non-hydrogen) atoms. The maximum Gasteiger partial charge on any atom is 0.128 e. The number of ether oxygens (including phenoxy) is 2. The molecule has 0 aliphatic heterocycles. The molecule has 1 N–H and O–H groups in total. The first kappa shape index (κ1) is 22.9. The molecule has 170 valence electrons. The topological polar surface area (TPSA) is 67.4 Å². The van der Waals surface area contributed by atoms with E-state index in [0.29, 0.717) is 23.6 Å². The molecular formula is C29H26N2O3. The summed E-state index contributed by atoms with van der Waals surface area (Å²) >= 11 is 0. The Morgan fingerprint density at radius 1 is 0.912 bits per heavy atom. The lowest BCUT2D eigenvalue weighted by Gasteiger charge is -2.16. The second-order valence-electron chi connectivity index (χ2n) is 7.77. The van der Waals surface area contributed by atoms with Crippen LogP contribution in [0.4, 0.5) is 0 Å². The van der Waals surface area contributed by atoms with Crippen molar-refractivity contribution in [3.63, 3.8) is 0 Å². The third-order valence-electron chi connectivity index (χ3n) is 5.79. The van der Waals surface area contributed by atoms with Crippen LogP contribution in [-0.4, -0.2) is 23.9 Å². The van der Waals surface area contributed by atoms with Gasteiger partial charge in [0.15, 0.2) is 0 Å². The number of benzene rings is 3. The Hall–Kier alpha value is -4.27. The smallest absolute Gasteiger partial charge is 0.128 e. The summed E-state index contributed by atoms with van der Waals surface area (Å²) in [7, 11) is 3.26. The van der Waals surface area contributed by atoms with Crippen molar-refractivity contribution < 1.29 is 14.6 Å². The van der Waals surface area contributed by atoms with Crippen molar-refractivity contribution >= 4 is 12.2 Å². The first-order valence-electron chi connectivity index (χ1n) is 10.9. The third kappa shape index (κ3) is 4.73. The van der Waals surface area contributed by atoms with Crippen LogP contribution in [0.5, 0.6) is 11.5 Å². The molecule has 0 bridgehead atoms. The van der Waals surface area contributed by atoms with E-state index in [1.54, 1.807) is 14.2 Å². The summed E-state index contributed by atoms with van der Waals surface area (Å²) in [6, 6.07) is 25.8. The molecule has 0 radical (unpaired) electrons. The molecule has 4 rings (SSSR count). The molecule has 5 heteroatoms. The van der Waals surface area contributed by atoms with Crippen LogP contribution < -0.4 is 9.47 Å². The number of aromatic nitrogens is 1. The molecule has 5 nitrogen and oxygen atoms in total. The first-order chi connectivity index (χ1) is 16.7. The molecule has 0 fully saturated rings. The molecule has 0 aliphatic carbocycles. The fraction of sp³-hybridized carbons (Fsp3) is 0.138. The van der Waals surface area contributed by atoms with E-state index in [-0.39, 0.29) is 6.61 Å². The second-order valence-corrected chi connectivity index (χ2v) is 7.77. The Balaban J connectivity index is 1.70. The zero-order valence-electron chi connectivity index (χ0n) is 19.2. The van der Waals surface area contributed by atoms with Gasteiger partial charge in [-0.15, -0.1) is 0 Å². The number of nitrogens with zero attached hydrogens (tertiary/aromatic N) is 2. The molecule has 0 saturated carbocycles. The lowest BCUT2D eigenvalue weighted by molar-refractivity contribution is 0.271. The van der Waals surface area contributed by atoms with E-state index < -0.39 is 0 Å². The van der Waals surface area contributed by atoms with Crippen LogP contribution >= 0.6 is 0 Å². The van der Waals surface area contributed by atoms with Gasteiger partial charge in [-0.05, 0) is 41.0 Å². The average molecular weight is 451 g/mol. The van der Waals surface area contributed by atoms with Gasteiger partial charge in [-0.25, -0.2) is 0 Å². The first-order valence-corrected chi connectivity index (χ1v) is 10.9. The Kier molecular flexibility index (Phi) is 7.12. The molecule has 4 aromatic rings. The van der Waals surface area contributed by atoms with Gasteiger partial charge in [0, 0.05) is 17.5 Å². The van der Waals surface area contributed by atoms with E-state index in [1.807, 2.05) is 95.7 Å². The molecule has 0 spiro atoms. The van der Waals surface area contributed by atoms with Gasteiger partial charge in [-0.3, -0.25) is 0 Å². The molecular weight excluding hydrogens is 424 g/mol. The van der Waals surface area contributed by atoms with E-state index in [2.05, 4.69) is 6.07 Å². The third-order valence-corrected chi connectivity index (χ3v) is 5.79. The van der Waals surface area contributed by atoms with Crippen LogP contribution in [0.3, 0.4) is 0 Å². The number of aliphatic hydroxyl groups excluding tert-OH is 1. The SMILES string of the molecule is COc1cc(/C=C/c2cccc(-c3ccccc3)c2C#N)cc(OC)c1Cn1cccc1CO. The molecule has 3 aromatic carbocycles. The Labute approximate surface area is 199 Å². The highest BCUT2D eigenvalue weighted by atomic mass is 16.5. The van der Waals surface area contributed by atoms with Gasteiger partial charge < -0.3 is 19.1 Å². The van der Waals surface area contributed by atoms with E-state index >= 15 is 0 Å². The fourth-order valence-corrected chi connectivity index (χ4v) is 4.05. The van der Waals surface area contributed by atoms with Crippen molar-refractivity contribution in [3.05, 3.63) is 107 Å². The van der Waals surface area contributed by atoms with Crippen LogP contribution in [0.15, 0.2) is 79.0 Å². The minimum atomic E-state index is -0.0400. The standard InChI is InChI=1S/C29H26N2O3/c1-33-28-16-21(17-29(34-2)27(28)19-31-15-7-11-24(31)20-32)13-14-23-10-6-12-25(26(23)18-30)22-8-4-3-5-9-22/h3-17,32H,19-20H2,1-2H3/b14-13+. The van der Waals surface area contributed by atoms with E-state index in [4.69, 9.17) is 9.47 Å². The predicted molar refractivity (Wildman–Crippen MR) is 135 cm³/mol. The molecule has 0 unspecified atom stereocenters. The number of methoxy groups -OCH3 is 2. The molecule has 0 atom stereocenters. The molecule has 0 saturated heterocycles. The molecule has 0 aliphatic rings. The van der Waals surface area contributed by atoms with Gasteiger partial charge in [-0.1, -0.05) is 60.7 Å². The predicted octanol–water partition coefficient (Wildman–Crippen LogP) is 5.75. The van der Waals surface area contributed by atoms with Crippen LogP contribution in [-0.2, 0) is 13.2 Å². The van der Waals surface area contributed by atoms with E-state index in [0.717, 1.165) is 33.5 Å². The van der Waals surface area contributed by atoms with Gasteiger partial charge in [0.2, 0.25) is 0 Å². The lowest BCUT2D eigenvalue weighted by atomic mass is 9.95. The number of hydrogen-bond acceptors (Lipinski definition) is 4. The maximum atomic E-state index is 9.88.